The molecule has 134 valence electrons. The second-order valence-corrected chi connectivity index (χ2v) is 6.61. The van der Waals surface area contributed by atoms with Crippen molar-refractivity contribution in [2.45, 2.75) is 52.7 Å². The van der Waals surface area contributed by atoms with Gasteiger partial charge in [0.15, 0.2) is 0 Å². The van der Waals surface area contributed by atoms with Crippen LogP contribution in [0.4, 0.5) is 10.5 Å². The number of ether oxygens (including phenoxy) is 2. The highest BCUT2D eigenvalue weighted by Gasteiger charge is 2.17. The summed E-state index contributed by atoms with van der Waals surface area (Å²) < 4.78 is 10.1. The average molecular weight is 336 g/mol. The van der Waals surface area contributed by atoms with Crippen molar-refractivity contribution >= 4 is 17.7 Å². The van der Waals surface area contributed by atoms with E-state index in [4.69, 9.17) is 9.47 Å². The lowest BCUT2D eigenvalue weighted by Gasteiger charge is -2.22. The maximum Gasteiger partial charge on any atom is 0.407 e. The lowest BCUT2D eigenvalue weighted by Crippen LogP contribution is -2.40. The minimum absolute atomic E-state index is 0.0842. The van der Waals surface area contributed by atoms with Crippen LogP contribution in [-0.4, -0.2) is 36.9 Å². The molecule has 0 aliphatic heterocycles. The molecular weight excluding hydrogens is 308 g/mol. The first kappa shape index (κ1) is 19.8. The second kappa shape index (κ2) is 9.15. The number of carbonyl (C=O) groups is 2. The molecule has 1 amide bonds. The predicted molar refractivity (Wildman–Crippen MR) is 94.1 cm³/mol. The molecule has 0 heterocycles. The highest BCUT2D eigenvalue weighted by molar-refractivity contribution is 5.72. The van der Waals surface area contributed by atoms with Gasteiger partial charge in [-0.1, -0.05) is 12.1 Å². The highest BCUT2D eigenvalue weighted by atomic mass is 16.6. The second-order valence-electron chi connectivity index (χ2n) is 6.61. The van der Waals surface area contributed by atoms with Crippen molar-refractivity contribution in [2.75, 3.05) is 18.5 Å². The Morgan fingerprint density at radius 2 is 1.79 bits per heavy atom. The highest BCUT2D eigenvalue weighted by Crippen LogP contribution is 2.11. The van der Waals surface area contributed by atoms with Crippen LogP contribution >= 0.6 is 0 Å². The van der Waals surface area contributed by atoms with E-state index in [9.17, 15) is 9.59 Å². The van der Waals surface area contributed by atoms with Crippen molar-refractivity contribution in [1.82, 2.24) is 5.32 Å². The van der Waals surface area contributed by atoms with Gasteiger partial charge in [-0.05, 0) is 52.3 Å². The largest absolute Gasteiger partial charge is 0.466 e. The van der Waals surface area contributed by atoms with Gasteiger partial charge in [-0.15, -0.1) is 0 Å². The number of benzene rings is 1. The molecule has 0 spiro atoms. The van der Waals surface area contributed by atoms with Crippen molar-refractivity contribution in [3.8, 4) is 0 Å². The first-order chi connectivity index (χ1) is 11.2. The zero-order chi connectivity index (χ0) is 18.2. The van der Waals surface area contributed by atoms with Crippen LogP contribution in [0.3, 0.4) is 0 Å². The first-order valence-electron chi connectivity index (χ1n) is 8.17. The summed E-state index contributed by atoms with van der Waals surface area (Å²) in [6.45, 7) is 10.1. The summed E-state index contributed by atoms with van der Waals surface area (Å²) in [6.07, 6.45) is -0.161. The van der Waals surface area contributed by atoms with Crippen LogP contribution in [0.25, 0.3) is 0 Å². The van der Waals surface area contributed by atoms with Gasteiger partial charge in [0.2, 0.25) is 0 Å². The molecule has 0 aliphatic rings. The van der Waals surface area contributed by atoms with Crippen LogP contribution < -0.4 is 10.6 Å². The Bertz CT molecular complexity index is 535. The number of hydrogen-bond donors (Lipinski definition) is 2. The molecule has 0 saturated heterocycles. The fourth-order valence-electron chi connectivity index (χ4n) is 1.95. The van der Waals surface area contributed by atoms with Crippen LogP contribution in [0, 0.1) is 0 Å². The van der Waals surface area contributed by atoms with E-state index in [0.717, 1.165) is 11.3 Å². The zero-order valence-electron chi connectivity index (χ0n) is 15.1. The van der Waals surface area contributed by atoms with Crippen molar-refractivity contribution in [2.24, 2.45) is 0 Å². The van der Waals surface area contributed by atoms with Crippen LogP contribution in [0.5, 0.6) is 0 Å². The van der Waals surface area contributed by atoms with E-state index in [0.29, 0.717) is 13.2 Å². The summed E-state index contributed by atoms with van der Waals surface area (Å²) in [5.74, 6) is -0.228. The molecule has 1 atom stereocenters. The minimum Gasteiger partial charge on any atom is -0.466 e. The van der Waals surface area contributed by atoms with Gasteiger partial charge < -0.3 is 20.1 Å². The molecule has 24 heavy (non-hydrogen) atoms. The molecule has 0 fully saturated rings. The third-order valence-electron chi connectivity index (χ3n) is 2.98. The fourth-order valence-corrected chi connectivity index (χ4v) is 1.95. The normalized spacial score (nSPS) is 12.2. The molecule has 1 rings (SSSR count). The van der Waals surface area contributed by atoms with Gasteiger partial charge in [0, 0.05) is 18.3 Å². The van der Waals surface area contributed by atoms with Crippen molar-refractivity contribution in [3.63, 3.8) is 0 Å². The van der Waals surface area contributed by atoms with Gasteiger partial charge in [-0.2, -0.15) is 0 Å². The SMILES string of the molecule is CCOC(=O)Cc1ccc(NCC(C)NC(=O)OC(C)(C)C)cc1. The minimum atomic E-state index is -0.508. The standard InChI is InChI=1S/C18H28N2O4/c1-6-23-16(21)11-14-7-9-15(10-8-14)19-12-13(2)20-17(22)24-18(3,4)5/h7-10,13,19H,6,11-12H2,1-5H3,(H,20,22). The van der Waals surface area contributed by atoms with E-state index in [2.05, 4.69) is 10.6 Å². The molecule has 0 radical (unpaired) electrons. The Labute approximate surface area is 143 Å². The average Bonchev–Trinajstić information content (AvgIpc) is 2.44. The van der Waals surface area contributed by atoms with E-state index in [1.807, 2.05) is 52.0 Å². The summed E-state index contributed by atoms with van der Waals surface area (Å²) in [5, 5.41) is 6.01. The molecule has 6 nitrogen and oxygen atoms in total. The van der Waals surface area contributed by atoms with Crippen molar-refractivity contribution in [1.29, 1.82) is 0 Å². The van der Waals surface area contributed by atoms with E-state index in [1.165, 1.54) is 0 Å². The Kier molecular flexibility index (Phi) is 7.55. The monoisotopic (exact) mass is 336 g/mol. The van der Waals surface area contributed by atoms with Crippen LogP contribution in [-0.2, 0) is 20.7 Å². The summed E-state index contributed by atoms with van der Waals surface area (Å²) in [4.78, 5) is 23.1. The number of esters is 1. The summed E-state index contributed by atoms with van der Waals surface area (Å²) >= 11 is 0. The van der Waals surface area contributed by atoms with E-state index < -0.39 is 11.7 Å². The van der Waals surface area contributed by atoms with Crippen LogP contribution in [0.15, 0.2) is 24.3 Å². The lowest BCUT2D eigenvalue weighted by molar-refractivity contribution is -0.142. The number of rotatable bonds is 7. The third-order valence-corrected chi connectivity index (χ3v) is 2.98. The Morgan fingerprint density at radius 1 is 1.17 bits per heavy atom. The number of alkyl carbamates (subject to hydrolysis) is 1. The number of anilines is 1. The summed E-state index contributed by atoms with van der Waals surface area (Å²) in [7, 11) is 0. The summed E-state index contributed by atoms with van der Waals surface area (Å²) in [5.41, 5.74) is 1.31. The van der Waals surface area contributed by atoms with Crippen LogP contribution in [0.2, 0.25) is 0 Å². The number of carbonyl (C=O) groups excluding carboxylic acids is 2. The quantitative estimate of drug-likeness (QED) is 0.748. The molecular formula is C18H28N2O4. The number of hydrogen-bond acceptors (Lipinski definition) is 5. The van der Waals surface area contributed by atoms with Gasteiger partial charge in [0.1, 0.15) is 5.60 Å². The van der Waals surface area contributed by atoms with E-state index in [1.54, 1.807) is 6.92 Å². The lowest BCUT2D eigenvalue weighted by atomic mass is 10.1. The molecule has 0 saturated carbocycles. The molecule has 1 unspecified atom stereocenters. The molecule has 0 aromatic heterocycles. The molecule has 0 aliphatic carbocycles. The first-order valence-corrected chi connectivity index (χ1v) is 8.17. The Morgan fingerprint density at radius 3 is 2.33 bits per heavy atom. The number of nitrogens with one attached hydrogen (secondary N) is 2. The maximum atomic E-state index is 11.7. The van der Waals surface area contributed by atoms with E-state index >= 15 is 0 Å². The van der Waals surface area contributed by atoms with Gasteiger partial charge in [-0.25, -0.2) is 4.79 Å². The van der Waals surface area contributed by atoms with Gasteiger partial charge in [0.05, 0.1) is 13.0 Å². The van der Waals surface area contributed by atoms with Gasteiger partial charge >= 0.3 is 12.1 Å². The van der Waals surface area contributed by atoms with Crippen molar-refractivity contribution in [3.05, 3.63) is 29.8 Å². The third kappa shape index (κ3) is 8.41. The Hall–Kier alpha value is -2.24. The van der Waals surface area contributed by atoms with Gasteiger partial charge in [-0.3, -0.25) is 4.79 Å². The maximum absolute atomic E-state index is 11.7. The topological polar surface area (TPSA) is 76.7 Å². The molecule has 6 heteroatoms. The molecule has 1 aromatic rings. The number of amides is 1. The van der Waals surface area contributed by atoms with Crippen molar-refractivity contribution < 1.29 is 19.1 Å². The molecule has 0 bridgehead atoms. The molecule has 2 N–H and O–H groups in total. The smallest absolute Gasteiger partial charge is 0.407 e. The summed E-state index contributed by atoms with van der Waals surface area (Å²) in [6, 6.07) is 7.47. The fraction of sp³-hybridized carbons (Fsp3) is 0.556. The molecule has 1 aromatic carbocycles. The van der Waals surface area contributed by atoms with Gasteiger partial charge in [0.25, 0.3) is 0 Å². The van der Waals surface area contributed by atoms with Crippen LogP contribution in [0.1, 0.15) is 40.2 Å². The Balaban J connectivity index is 2.39. The predicted octanol–water partition coefficient (Wildman–Crippen LogP) is 3.12. The van der Waals surface area contributed by atoms with E-state index in [-0.39, 0.29) is 18.4 Å². The zero-order valence-corrected chi connectivity index (χ0v) is 15.1.